The lowest BCUT2D eigenvalue weighted by Gasteiger charge is -2.37. The fourth-order valence-corrected chi connectivity index (χ4v) is 2.85. The first-order valence-electron chi connectivity index (χ1n) is 6.13. The number of hydrogen-bond donors (Lipinski definition) is 1. The molecular formula is C12H22Cl2N4OS. The van der Waals surface area contributed by atoms with Gasteiger partial charge in [-0.1, -0.05) is 0 Å². The summed E-state index contributed by atoms with van der Waals surface area (Å²) in [6, 6.07) is 0. The molecule has 1 fully saturated rings. The number of halogens is 2. The largest absolute Gasteiger partial charge is 0.345 e. The topological polar surface area (TPSA) is 62.5 Å². The van der Waals surface area contributed by atoms with Crippen molar-refractivity contribution in [3.8, 4) is 0 Å². The maximum absolute atomic E-state index is 12.0. The van der Waals surface area contributed by atoms with Gasteiger partial charge >= 0.3 is 0 Å². The number of carbonyl (C=O) groups excluding carboxylic acids is 1. The Morgan fingerprint density at radius 1 is 1.30 bits per heavy atom. The second-order valence-electron chi connectivity index (χ2n) is 5.27. The maximum atomic E-state index is 12.0. The van der Waals surface area contributed by atoms with Gasteiger partial charge in [-0.3, -0.25) is 4.79 Å². The number of nitrogens with zero attached hydrogens (tertiary/aromatic N) is 3. The molecule has 1 aromatic heterocycles. The van der Waals surface area contributed by atoms with Crippen molar-refractivity contribution < 1.29 is 4.79 Å². The Morgan fingerprint density at radius 2 is 1.85 bits per heavy atom. The molecule has 0 aliphatic carbocycles. The van der Waals surface area contributed by atoms with E-state index < -0.39 is 5.54 Å². The average Bonchev–Trinajstić information content (AvgIpc) is 2.74. The molecule has 0 atom stereocenters. The number of aromatic nitrogens is 1. The fraction of sp³-hybridized carbons (Fsp3) is 0.667. The Bertz CT molecular complexity index is 439. The summed E-state index contributed by atoms with van der Waals surface area (Å²) in [6.07, 6.45) is 0. The lowest BCUT2D eigenvalue weighted by atomic mass is 10.1. The van der Waals surface area contributed by atoms with Gasteiger partial charge in [0.15, 0.2) is 5.13 Å². The van der Waals surface area contributed by atoms with Crippen LogP contribution in [-0.4, -0.2) is 47.5 Å². The number of amides is 1. The van der Waals surface area contributed by atoms with E-state index in [1.165, 1.54) is 0 Å². The first kappa shape index (κ1) is 19.4. The molecule has 20 heavy (non-hydrogen) atoms. The van der Waals surface area contributed by atoms with Crippen molar-refractivity contribution in [1.29, 1.82) is 0 Å². The quantitative estimate of drug-likeness (QED) is 0.889. The predicted octanol–water partition coefficient (Wildman–Crippen LogP) is 1.68. The van der Waals surface area contributed by atoms with E-state index in [9.17, 15) is 4.79 Å². The third kappa shape index (κ3) is 4.48. The van der Waals surface area contributed by atoms with E-state index in [4.69, 9.17) is 5.73 Å². The number of thiazole rings is 1. The van der Waals surface area contributed by atoms with Crippen LogP contribution in [0.3, 0.4) is 0 Å². The second-order valence-corrected chi connectivity index (χ2v) is 6.11. The van der Waals surface area contributed by atoms with Crippen molar-refractivity contribution in [2.45, 2.75) is 26.3 Å². The van der Waals surface area contributed by atoms with E-state index in [-0.39, 0.29) is 30.7 Å². The summed E-state index contributed by atoms with van der Waals surface area (Å²) in [7, 11) is 0. The highest BCUT2D eigenvalue weighted by molar-refractivity contribution is 7.13. The zero-order valence-corrected chi connectivity index (χ0v) is 14.4. The lowest BCUT2D eigenvalue weighted by Crippen LogP contribution is -2.57. The normalized spacial score (nSPS) is 15.4. The monoisotopic (exact) mass is 340 g/mol. The third-order valence-corrected chi connectivity index (χ3v) is 4.01. The van der Waals surface area contributed by atoms with Crippen LogP contribution in [0.25, 0.3) is 0 Å². The summed E-state index contributed by atoms with van der Waals surface area (Å²) in [6.45, 7) is 8.61. The standard InChI is InChI=1S/C12H20N4OS.2ClH/c1-9-8-18-11(14-9)16-6-4-15(5-7-16)10(17)12(2,3)13;;/h8H,4-7,13H2,1-3H3;2*1H. The van der Waals surface area contributed by atoms with Gasteiger partial charge in [-0.05, 0) is 20.8 Å². The van der Waals surface area contributed by atoms with E-state index in [1.54, 1.807) is 25.2 Å². The van der Waals surface area contributed by atoms with Gasteiger partial charge in [0.05, 0.1) is 11.2 Å². The zero-order chi connectivity index (χ0) is 13.3. The molecule has 2 N–H and O–H groups in total. The van der Waals surface area contributed by atoms with Crippen molar-refractivity contribution in [2.75, 3.05) is 31.1 Å². The number of nitrogens with two attached hydrogens (primary N) is 1. The van der Waals surface area contributed by atoms with Crippen LogP contribution in [0.15, 0.2) is 5.38 Å². The van der Waals surface area contributed by atoms with Crippen molar-refractivity contribution in [3.05, 3.63) is 11.1 Å². The van der Waals surface area contributed by atoms with Crippen molar-refractivity contribution in [3.63, 3.8) is 0 Å². The van der Waals surface area contributed by atoms with Gasteiger partial charge in [0, 0.05) is 31.6 Å². The van der Waals surface area contributed by atoms with Gasteiger partial charge < -0.3 is 15.5 Å². The molecule has 0 aromatic carbocycles. The Balaban J connectivity index is 0.00000180. The SMILES string of the molecule is Cc1csc(N2CCN(C(=O)C(C)(C)N)CC2)n1.Cl.Cl. The molecule has 1 aliphatic rings. The van der Waals surface area contributed by atoms with E-state index in [0.717, 1.165) is 37.0 Å². The van der Waals surface area contributed by atoms with Crippen LogP contribution in [0.2, 0.25) is 0 Å². The average molecular weight is 341 g/mol. The molecule has 116 valence electrons. The molecular weight excluding hydrogens is 319 g/mol. The maximum Gasteiger partial charge on any atom is 0.242 e. The number of aryl methyl sites for hydroxylation is 1. The minimum atomic E-state index is -0.778. The van der Waals surface area contributed by atoms with Gasteiger partial charge in [-0.25, -0.2) is 4.98 Å². The molecule has 0 radical (unpaired) electrons. The van der Waals surface area contributed by atoms with E-state index >= 15 is 0 Å². The van der Waals surface area contributed by atoms with Crippen LogP contribution in [0.4, 0.5) is 5.13 Å². The molecule has 2 heterocycles. The second kappa shape index (κ2) is 7.45. The summed E-state index contributed by atoms with van der Waals surface area (Å²) in [4.78, 5) is 20.6. The first-order chi connectivity index (χ1) is 8.38. The Labute approximate surface area is 136 Å². The van der Waals surface area contributed by atoms with Crippen molar-refractivity contribution >= 4 is 47.2 Å². The van der Waals surface area contributed by atoms with Gasteiger partial charge in [0.1, 0.15) is 0 Å². The van der Waals surface area contributed by atoms with Crippen LogP contribution in [-0.2, 0) is 4.79 Å². The molecule has 1 aliphatic heterocycles. The molecule has 1 aromatic rings. The minimum Gasteiger partial charge on any atom is -0.345 e. The third-order valence-electron chi connectivity index (χ3n) is 3.00. The summed E-state index contributed by atoms with van der Waals surface area (Å²) in [5.41, 5.74) is 6.12. The van der Waals surface area contributed by atoms with Gasteiger partial charge in [0.2, 0.25) is 5.91 Å². The number of hydrogen-bond acceptors (Lipinski definition) is 5. The molecule has 0 spiro atoms. The Kier molecular flexibility index (Phi) is 7.24. The number of anilines is 1. The summed E-state index contributed by atoms with van der Waals surface area (Å²) in [5, 5.41) is 3.10. The summed E-state index contributed by atoms with van der Waals surface area (Å²) < 4.78 is 0. The summed E-state index contributed by atoms with van der Waals surface area (Å²) >= 11 is 1.66. The van der Waals surface area contributed by atoms with Crippen LogP contribution in [0.5, 0.6) is 0 Å². The molecule has 0 saturated carbocycles. The van der Waals surface area contributed by atoms with Crippen LogP contribution < -0.4 is 10.6 Å². The smallest absolute Gasteiger partial charge is 0.242 e. The van der Waals surface area contributed by atoms with Crippen LogP contribution in [0, 0.1) is 6.92 Å². The van der Waals surface area contributed by atoms with Crippen LogP contribution >= 0.6 is 36.2 Å². The fourth-order valence-electron chi connectivity index (χ4n) is 2.00. The molecule has 0 unspecified atom stereocenters. The predicted molar refractivity (Wildman–Crippen MR) is 88.4 cm³/mol. The Hall–Kier alpha value is -0.560. The molecule has 0 bridgehead atoms. The molecule has 5 nitrogen and oxygen atoms in total. The Morgan fingerprint density at radius 3 is 2.25 bits per heavy atom. The minimum absolute atomic E-state index is 0. The lowest BCUT2D eigenvalue weighted by molar-refractivity contribution is -0.136. The summed E-state index contributed by atoms with van der Waals surface area (Å²) in [5.74, 6) is 0.0254. The molecule has 1 amide bonds. The molecule has 8 heteroatoms. The highest BCUT2D eigenvalue weighted by atomic mass is 35.5. The number of piperazine rings is 1. The van der Waals surface area contributed by atoms with E-state index in [1.807, 2.05) is 11.8 Å². The highest BCUT2D eigenvalue weighted by Crippen LogP contribution is 2.21. The zero-order valence-electron chi connectivity index (χ0n) is 12.0. The van der Waals surface area contributed by atoms with Crippen LogP contribution in [0.1, 0.15) is 19.5 Å². The van der Waals surface area contributed by atoms with E-state index in [0.29, 0.717) is 0 Å². The van der Waals surface area contributed by atoms with Crippen molar-refractivity contribution in [2.24, 2.45) is 5.73 Å². The van der Waals surface area contributed by atoms with Gasteiger partial charge in [-0.15, -0.1) is 36.2 Å². The van der Waals surface area contributed by atoms with Crippen molar-refractivity contribution in [1.82, 2.24) is 9.88 Å². The number of carbonyl (C=O) groups is 1. The number of rotatable bonds is 2. The molecule has 2 rings (SSSR count). The first-order valence-corrected chi connectivity index (χ1v) is 7.01. The van der Waals surface area contributed by atoms with Gasteiger partial charge in [0.25, 0.3) is 0 Å². The molecule has 1 saturated heterocycles. The van der Waals surface area contributed by atoms with Gasteiger partial charge in [-0.2, -0.15) is 0 Å². The van der Waals surface area contributed by atoms with E-state index in [2.05, 4.69) is 15.3 Å². The highest BCUT2D eigenvalue weighted by Gasteiger charge is 2.30.